The molecule has 4 nitrogen and oxygen atoms in total. The average Bonchev–Trinajstić information content (AvgIpc) is 2.38. The van der Waals surface area contributed by atoms with Gasteiger partial charge in [-0.25, -0.2) is 4.79 Å². The monoisotopic (exact) mass is 243 g/mol. The Bertz CT molecular complexity index is 616. The molecule has 0 radical (unpaired) electrons. The second-order valence-corrected chi connectivity index (χ2v) is 4.05. The Labute approximate surface area is 104 Å². The highest BCUT2D eigenvalue weighted by Crippen LogP contribution is 2.15. The third-order valence-corrected chi connectivity index (χ3v) is 2.89. The largest absolute Gasteiger partial charge is 0.478 e. The van der Waals surface area contributed by atoms with Crippen LogP contribution in [0.15, 0.2) is 53.5 Å². The van der Waals surface area contributed by atoms with Crippen LogP contribution in [-0.2, 0) is 0 Å². The first-order valence-electron chi connectivity index (χ1n) is 5.60. The summed E-state index contributed by atoms with van der Waals surface area (Å²) in [6.45, 7) is 1.90. The van der Waals surface area contributed by atoms with Crippen molar-refractivity contribution in [2.45, 2.75) is 13.0 Å². The Morgan fingerprint density at radius 3 is 2.44 bits per heavy atom. The summed E-state index contributed by atoms with van der Waals surface area (Å²) in [5, 5.41) is 8.81. The zero-order valence-electron chi connectivity index (χ0n) is 9.91. The van der Waals surface area contributed by atoms with Crippen LogP contribution in [0.2, 0.25) is 0 Å². The van der Waals surface area contributed by atoms with Crippen LogP contribution in [0, 0.1) is 0 Å². The molecule has 0 spiro atoms. The smallest absolute Gasteiger partial charge is 0.335 e. The molecule has 1 heterocycles. The fourth-order valence-electron chi connectivity index (χ4n) is 1.83. The highest BCUT2D eigenvalue weighted by Gasteiger charge is 2.10. The summed E-state index contributed by atoms with van der Waals surface area (Å²) in [6.07, 6.45) is 1.52. The minimum Gasteiger partial charge on any atom is -0.478 e. The van der Waals surface area contributed by atoms with Gasteiger partial charge in [0.25, 0.3) is 5.56 Å². The number of carboxylic acids is 1. The van der Waals surface area contributed by atoms with E-state index in [1.165, 1.54) is 16.8 Å². The van der Waals surface area contributed by atoms with Crippen molar-refractivity contribution in [2.75, 3.05) is 0 Å². The Kier molecular flexibility index (Phi) is 3.28. The molecule has 0 aliphatic heterocycles. The molecule has 1 atom stereocenters. The molecule has 0 aliphatic carbocycles. The van der Waals surface area contributed by atoms with Crippen molar-refractivity contribution >= 4 is 5.97 Å². The maximum absolute atomic E-state index is 11.9. The molecule has 0 unspecified atom stereocenters. The lowest BCUT2D eigenvalue weighted by atomic mass is 10.1. The van der Waals surface area contributed by atoms with E-state index in [9.17, 15) is 9.59 Å². The molecule has 0 aliphatic rings. The molecular formula is C14H13NO3. The van der Waals surface area contributed by atoms with Crippen molar-refractivity contribution in [3.8, 4) is 0 Å². The van der Waals surface area contributed by atoms with Crippen LogP contribution in [0.25, 0.3) is 0 Å². The van der Waals surface area contributed by atoms with Gasteiger partial charge in [0.05, 0.1) is 11.6 Å². The Morgan fingerprint density at radius 2 is 1.89 bits per heavy atom. The van der Waals surface area contributed by atoms with Gasteiger partial charge in [-0.1, -0.05) is 30.3 Å². The van der Waals surface area contributed by atoms with Crippen LogP contribution >= 0.6 is 0 Å². The summed E-state index contributed by atoms with van der Waals surface area (Å²) in [6, 6.07) is 12.0. The number of hydrogen-bond acceptors (Lipinski definition) is 2. The van der Waals surface area contributed by atoms with E-state index in [4.69, 9.17) is 5.11 Å². The molecule has 1 aromatic heterocycles. The fourth-order valence-corrected chi connectivity index (χ4v) is 1.83. The lowest BCUT2D eigenvalue weighted by Crippen LogP contribution is -2.23. The number of aromatic carboxylic acids is 1. The van der Waals surface area contributed by atoms with Gasteiger partial charge in [0.15, 0.2) is 0 Å². The van der Waals surface area contributed by atoms with Gasteiger partial charge in [-0.05, 0) is 18.6 Å². The van der Waals surface area contributed by atoms with Crippen LogP contribution in [0.3, 0.4) is 0 Å². The highest BCUT2D eigenvalue weighted by atomic mass is 16.4. The summed E-state index contributed by atoms with van der Waals surface area (Å²) in [4.78, 5) is 22.6. The number of carbonyl (C=O) groups is 1. The van der Waals surface area contributed by atoms with Crippen molar-refractivity contribution < 1.29 is 9.90 Å². The van der Waals surface area contributed by atoms with Crippen LogP contribution in [0.4, 0.5) is 0 Å². The van der Waals surface area contributed by atoms with Crippen molar-refractivity contribution in [3.63, 3.8) is 0 Å². The van der Waals surface area contributed by atoms with Gasteiger partial charge < -0.3 is 9.67 Å². The molecule has 92 valence electrons. The normalized spacial score (nSPS) is 12.1. The molecule has 0 fully saturated rings. The quantitative estimate of drug-likeness (QED) is 0.898. The lowest BCUT2D eigenvalue weighted by Gasteiger charge is -2.15. The van der Waals surface area contributed by atoms with Gasteiger partial charge in [-0.15, -0.1) is 0 Å². The van der Waals surface area contributed by atoms with Gasteiger partial charge in [-0.2, -0.15) is 0 Å². The summed E-state index contributed by atoms with van der Waals surface area (Å²) < 4.78 is 1.52. The number of benzene rings is 1. The van der Waals surface area contributed by atoms with Crippen LogP contribution < -0.4 is 5.56 Å². The Morgan fingerprint density at radius 1 is 1.22 bits per heavy atom. The van der Waals surface area contributed by atoms with E-state index < -0.39 is 5.97 Å². The van der Waals surface area contributed by atoms with E-state index >= 15 is 0 Å². The van der Waals surface area contributed by atoms with Gasteiger partial charge in [0.1, 0.15) is 0 Å². The van der Waals surface area contributed by atoms with E-state index in [-0.39, 0.29) is 17.2 Å². The van der Waals surface area contributed by atoms with Crippen LogP contribution in [-0.4, -0.2) is 15.6 Å². The first kappa shape index (κ1) is 12.1. The predicted molar refractivity (Wildman–Crippen MR) is 67.9 cm³/mol. The van der Waals surface area contributed by atoms with E-state index in [1.807, 2.05) is 37.3 Å². The second-order valence-electron chi connectivity index (χ2n) is 4.05. The third kappa shape index (κ3) is 2.32. The SMILES string of the molecule is C[C@H](c1ccccc1)n1ccc(C(=O)O)cc1=O. The first-order chi connectivity index (χ1) is 8.59. The van der Waals surface area contributed by atoms with Crippen molar-refractivity contribution in [2.24, 2.45) is 0 Å². The maximum atomic E-state index is 11.9. The second kappa shape index (κ2) is 4.87. The molecule has 2 aromatic rings. The molecule has 18 heavy (non-hydrogen) atoms. The molecule has 4 heteroatoms. The third-order valence-electron chi connectivity index (χ3n) is 2.89. The number of aromatic nitrogens is 1. The van der Waals surface area contributed by atoms with Gasteiger partial charge in [-0.3, -0.25) is 4.79 Å². The number of pyridine rings is 1. The maximum Gasteiger partial charge on any atom is 0.335 e. The summed E-state index contributed by atoms with van der Waals surface area (Å²) >= 11 is 0. The summed E-state index contributed by atoms with van der Waals surface area (Å²) in [5.41, 5.74) is 0.699. The van der Waals surface area contributed by atoms with E-state index in [0.717, 1.165) is 11.6 Å². The standard InChI is InChI=1S/C14H13NO3/c1-10(11-5-3-2-4-6-11)15-8-7-12(14(17)18)9-13(15)16/h2-10H,1H3,(H,17,18)/t10-/m1/s1. The molecule has 1 aromatic carbocycles. The zero-order valence-corrected chi connectivity index (χ0v) is 9.91. The molecule has 0 amide bonds. The molecule has 2 rings (SSSR count). The Hall–Kier alpha value is -2.36. The Balaban J connectivity index is 2.41. The topological polar surface area (TPSA) is 59.3 Å². The number of hydrogen-bond donors (Lipinski definition) is 1. The molecule has 0 bridgehead atoms. The van der Waals surface area contributed by atoms with Gasteiger partial charge in [0, 0.05) is 12.3 Å². The van der Waals surface area contributed by atoms with E-state index in [1.54, 1.807) is 0 Å². The fraction of sp³-hybridized carbons (Fsp3) is 0.143. The van der Waals surface area contributed by atoms with Gasteiger partial charge >= 0.3 is 5.97 Å². The number of nitrogens with zero attached hydrogens (tertiary/aromatic N) is 1. The van der Waals surface area contributed by atoms with E-state index in [0.29, 0.717) is 0 Å². The predicted octanol–water partition coefficient (Wildman–Crippen LogP) is 2.16. The summed E-state index contributed by atoms with van der Waals surface area (Å²) in [5.74, 6) is -1.09. The van der Waals surface area contributed by atoms with E-state index in [2.05, 4.69) is 0 Å². The zero-order chi connectivity index (χ0) is 13.1. The van der Waals surface area contributed by atoms with Crippen LogP contribution in [0.5, 0.6) is 0 Å². The molecule has 0 saturated heterocycles. The first-order valence-corrected chi connectivity index (χ1v) is 5.60. The summed E-state index contributed by atoms with van der Waals surface area (Å²) in [7, 11) is 0. The minimum absolute atomic E-state index is 0.0107. The molecule has 1 N–H and O–H groups in total. The lowest BCUT2D eigenvalue weighted by molar-refractivity contribution is 0.0696. The van der Waals surface area contributed by atoms with Crippen LogP contribution in [0.1, 0.15) is 28.9 Å². The number of carboxylic acid groups (broad SMARTS) is 1. The molecular weight excluding hydrogens is 230 g/mol. The van der Waals surface area contributed by atoms with Crippen molar-refractivity contribution in [3.05, 3.63) is 70.1 Å². The van der Waals surface area contributed by atoms with Crippen molar-refractivity contribution in [1.82, 2.24) is 4.57 Å². The van der Waals surface area contributed by atoms with Crippen molar-refractivity contribution in [1.29, 1.82) is 0 Å². The highest BCUT2D eigenvalue weighted by molar-refractivity contribution is 5.87. The minimum atomic E-state index is -1.09. The number of rotatable bonds is 3. The van der Waals surface area contributed by atoms with Gasteiger partial charge in [0.2, 0.25) is 0 Å². The molecule has 0 saturated carbocycles. The average molecular weight is 243 g/mol.